The van der Waals surface area contributed by atoms with Crippen molar-refractivity contribution in [3.05, 3.63) is 29.8 Å². The van der Waals surface area contributed by atoms with E-state index in [1.165, 1.54) is 6.26 Å². The summed E-state index contributed by atoms with van der Waals surface area (Å²) in [7, 11) is -3.08. The molecule has 19 heavy (non-hydrogen) atoms. The van der Waals surface area contributed by atoms with Crippen molar-refractivity contribution in [2.45, 2.75) is 18.9 Å². The van der Waals surface area contributed by atoms with Crippen LogP contribution in [0.5, 0.6) is 0 Å². The minimum Gasteiger partial charge on any atom is -0.384 e. The van der Waals surface area contributed by atoms with Crippen LogP contribution in [0.15, 0.2) is 24.3 Å². The third kappa shape index (κ3) is 3.47. The van der Waals surface area contributed by atoms with Gasteiger partial charge < -0.3 is 10.6 Å². The molecule has 2 atom stereocenters. The zero-order chi connectivity index (χ0) is 14.0. The zero-order valence-electron chi connectivity index (χ0n) is 11.0. The summed E-state index contributed by atoms with van der Waals surface area (Å²) in [5, 5.41) is 5.93. The summed E-state index contributed by atoms with van der Waals surface area (Å²) >= 11 is 0. The Bertz CT molecular complexity index is 583. The first-order chi connectivity index (χ1) is 8.87. The zero-order valence-corrected chi connectivity index (χ0v) is 11.8. The number of rotatable bonds is 4. The second-order valence-electron chi connectivity index (χ2n) is 5.02. The summed E-state index contributed by atoms with van der Waals surface area (Å²) in [6, 6.07) is 7.28. The smallest absolute Gasteiger partial charge is 0.229 e. The first-order valence-electron chi connectivity index (χ1n) is 6.18. The molecular weight excluding hydrogens is 264 g/mol. The van der Waals surface area contributed by atoms with Crippen molar-refractivity contribution in [3.63, 3.8) is 0 Å². The van der Waals surface area contributed by atoms with E-state index < -0.39 is 9.84 Å². The fourth-order valence-corrected chi connectivity index (χ4v) is 3.35. The SMILES string of the molecule is CC(CS(C)(=O)=O)NC(=O)C1CNc2ccccc21. The molecule has 1 aliphatic heterocycles. The maximum absolute atomic E-state index is 12.2. The summed E-state index contributed by atoms with van der Waals surface area (Å²) < 4.78 is 22.4. The molecule has 1 aliphatic rings. The average molecular weight is 282 g/mol. The van der Waals surface area contributed by atoms with E-state index in [0.717, 1.165) is 11.3 Å². The number of carbonyl (C=O) groups excluding carboxylic acids is 1. The van der Waals surface area contributed by atoms with Gasteiger partial charge in [-0.3, -0.25) is 4.79 Å². The summed E-state index contributed by atoms with van der Waals surface area (Å²) in [6.07, 6.45) is 1.17. The van der Waals surface area contributed by atoms with Crippen molar-refractivity contribution in [2.75, 3.05) is 23.9 Å². The van der Waals surface area contributed by atoms with Gasteiger partial charge in [-0.15, -0.1) is 0 Å². The molecule has 0 aliphatic carbocycles. The van der Waals surface area contributed by atoms with E-state index in [0.29, 0.717) is 6.54 Å². The van der Waals surface area contributed by atoms with Gasteiger partial charge in [0.2, 0.25) is 5.91 Å². The number of para-hydroxylation sites is 1. The van der Waals surface area contributed by atoms with Gasteiger partial charge in [0.1, 0.15) is 9.84 Å². The van der Waals surface area contributed by atoms with Gasteiger partial charge in [0, 0.05) is 24.5 Å². The van der Waals surface area contributed by atoms with E-state index in [1.54, 1.807) is 6.92 Å². The Morgan fingerprint density at radius 2 is 2.16 bits per heavy atom. The summed E-state index contributed by atoms with van der Waals surface area (Å²) in [4.78, 5) is 12.2. The highest BCUT2D eigenvalue weighted by atomic mass is 32.2. The molecule has 0 saturated heterocycles. The minimum atomic E-state index is -3.08. The van der Waals surface area contributed by atoms with Crippen molar-refractivity contribution < 1.29 is 13.2 Å². The second kappa shape index (κ2) is 5.21. The van der Waals surface area contributed by atoms with E-state index in [9.17, 15) is 13.2 Å². The molecule has 0 aromatic heterocycles. The summed E-state index contributed by atoms with van der Waals surface area (Å²) in [5.74, 6) is -0.424. The molecule has 1 heterocycles. The van der Waals surface area contributed by atoms with E-state index in [-0.39, 0.29) is 23.6 Å². The van der Waals surface area contributed by atoms with Crippen molar-refractivity contribution in [3.8, 4) is 0 Å². The van der Waals surface area contributed by atoms with Gasteiger partial charge in [0.25, 0.3) is 0 Å². The molecule has 1 aromatic carbocycles. The van der Waals surface area contributed by atoms with Gasteiger partial charge in [-0.25, -0.2) is 8.42 Å². The monoisotopic (exact) mass is 282 g/mol. The predicted molar refractivity (Wildman–Crippen MR) is 75.0 cm³/mol. The number of amides is 1. The standard InChI is InChI=1S/C13H18N2O3S/c1-9(8-19(2,17)18)15-13(16)11-7-14-12-6-4-3-5-10(11)12/h3-6,9,11,14H,7-8H2,1-2H3,(H,15,16). The maximum Gasteiger partial charge on any atom is 0.229 e. The Labute approximate surface area is 113 Å². The molecule has 0 saturated carbocycles. The lowest BCUT2D eigenvalue weighted by Gasteiger charge is -2.16. The maximum atomic E-state index is 12.2. The van der Waals surface area contributed by atoms with Crippen LogP contribution in [0.3, 0.4) is 0 Å². The van der Waals surface area contributed by atoms with Crippen LogP contribution in [0.2, 0.25) is 0 Å². The molecular formula is C13H18N2O3S. The van der Waals surface area contributed by atoms with E-state index in [2.05, 4.69) is 10.6 Å². The van der Waals surface area contributed by atoms with Gasteiger partial charge in [0.15, 0.2) is 0 Å². The quantitative estimate of drug-likeness (QED) is 0.854. The number of hydrogen-bond acceptors (Lipinski definition) is 4. The van der Waals surface area contributed by atoms with Crippen molar-refractivity contribution in [1.82, 2.24) is 5.32 Å². The van der Waals surface area contributed by atoms with Crippen LogP contribution in [-0.4, -0.2) is 38.9 Å². The number of carbonyl (C=O) groups is 1. The van der Waals surface area contributed by atoms with Crippen LogP contribution in [0.4, 0.5) is 5.69 Å². The fraction of sp³-hybridized carbons (Fsp3) is 0.462. The molecule has 0 radical (unpaired) electrons. The molecule has 2 N–H and O–H groups in total. The van der Waals surface area contributed by atoms with Crippen LogP contribution >= 0.6 is 0 Å². The molecule has 2 rings (SSSR count). The molecule has 1 amide bonds. The van der Waals surface area contributed by atoms with Crippen LogP contribution in [0.25, 0.3) is 0 Å². The van der Waals surface area contributed by atoms with Gasteiger partial charge in [0.05, 0.1) is 11.7 Å². The van der Waals surface area contributed by atoms with Crippen LogP contribution < -0.4 is 10.6 Å². The highest BCUT2D eigenvalue weighted by Crippen LogP contribution is 2.30. The first kappa shape index (κ1) is 13.9. The van der Waals surface area contributed by atoms with Gasteiger partial charge >= 0.3 is 0 Å². The van der Waals surface area contributed by atoms with Crippen molar-refractivity contribution in [1.29, 1.82) is 0 Å². The lowest BCUT2D eigenvalue weighted by molar-refractivity contribution is -0.122. The molecule has 6 heteroatoms. The van der Waals surface area contributed by atoms with E-state index in [1.807, 2.05) is 24.3 Å². The normalized spacial score (nSPS) is 19.4. The summed E-state index contributed by atoms with van der Waals surface area (Å²) in [5.41, 5.74) is 1.94. The molecule has 0 fully saturated rings. The molecule has 2 unspecified atom stereocenters. The highest BCUT2D eigenvalue weighted by Gasteiger charge is 2.29. The second-order valence-corrected chi connectivity index (χ2v) is 7.21. The Hall–Kier alpha value is -1.56. The highest BCUT2D eigenvalue weighted by molar-refractivity contribution is 7.90. The summed E-state index contributed by atoms with van der Waals surface area (Å²) in [6.45, 7) is 2.25. The van der Waals surface area contributed by atoms with E-state index in [4.69, 9.17) is 0 Å². The van der Waals surface area contributed by atoms with E-state index >= 15 is 0 Å². The lowest BCUT2D eigenvalue weighted by Crippen LogP contribution is -2.40. The van der Waals surface area contributed by atoms with Crippen molar-refractivity contribution >= 4 is 21.4 Å². The minimum absolute atomic E-state index is 0.0411. The molecule has 0 bridgehead atoms. The number of hydrogen-bond donors (Lipinski definition) is 2. The van der Waals surface area contributed by atoms with Gasteiger partial charge in [-0.2, -0.15) is 0 Å². The number of nitrogens with one attached hydrogen (secondary N) is 2. The van der Waals surface area contributed by atoms with Crippen LogP contribution in [0, 0.1) is 0 Å². The molecule has 5 nitrogen and oxygen atoms in total. The van der Waals surface area contributed by atoms with Gasteiger partial charge in [-0.05, 0) is 18.6 Å². The first-order valence-corrected chi connectivity index (χ1v) is 8.24. The predicted octanol–water partition coefficient (Wildman–Crippen LogP) is 0.745. The van der Waals surface area contributed by atoms with Crippen LogP contribution in [-0.2, 0) is 14.6 Å². The number of benzene rings is 1. The Kier molecular flexibility index (Phi) is 3.80. The van der Waals surface area contributed by atoms with Gasteiger partial charge in [-0.1, -0.05) is 18.2 Å². The number of fused-ring (bicyclic) bond motifs is 1. The molecule has 1 aromatic rings. The Morgan fingerprint density at radius 1 is 1.47 bits per heavy atom. The Balaban J connectivity index is 2.02. The molecule has 0 spiro atoms. The molecule has 104 valence electrons. The number of sulfone groups is 1. The van der Waals surface area contributed by atoms with Crippen LogP contribution in [0.1, 0.15) is 18.4 Å². The fourth-order valence-electron chi connectivity index (χ4n) is 2.36. The third-order valence-corrected chi connectivity index (χ3v) is 4.20. The largest absolute Gasteiger partial charge is 0.384 e. The van der Waals surface area contributed by atoms with Crippen molar-refractivity contribution in [2.24, 2.45) is 0 Å². The lowest BCUT2D eigenvalue weighted by atomic mass is 10.0. The topological polar surface area (TPSA) is 75.3 Å². The average Bonchev–Trinajstić information content (AvgIpc) is 2.69. The Morgan fingerprint density at radius 3 is 2.84 bits per heavy atom. The third-order valence-electron chi connectivity index (χ3n) is 3.09. The number of anilines is 1.